The van der Waals surface area contributed by atoms with E-state index in [0.717, 1.165) is 23.0 Å². The van der Waals surface area contributed by atoms with Gasteiger partial charge in [0.25, 0.3) is 0 Å². The van der Waals surface area contributed by atoms with Crippen LogP contribution >= 0.6 is 0 Å². The van der Waals surface area contributed by atoms with Gasteiger partial charge in [-0.2, -0.15) is 0 Å². The molecule has 1 heterocycles. The second-order valence-corrected chi connectivity index (χ2v) is 13.3. The van der Waals surface area contributed by atoms with Crippen LogP contribution in [-0.4, -0.2) is 6.04 Å². The van der Waals surface area contributed by atoms with Gasteiger partial charge in [-0.25, -0.2) is 0 Å². The van der Waals surface area contributed by atoms with Crippen molar-refractivity contribution in [3.8, 4) is 22.3 Å². The lowest BCUT2D eigenvalue weighted by molar-refractivity contribution is 0.659. The fourth-order valence-electron chi connectivity index (χ4n) is 7.83. The number of hydrogen-bond acceptors (Lipinski definition) is 2. The quantitative estimate of drug-likeness (QED) is 0.194. The Morgan fingerprint density at radius 3 is 2.11 bits per heavy atom. The minimum Gasteiger partial charge on any atom is -0.456 e. The Bertz CT molecular complexity index is 2350. The molecule has 7 aromatic rings. The van der Waals surface area contributed by atoms with Crippen molar-refractivity contribution in [2.75, 3.05) is 4.90 Å². The van der Waals surface area contributed by atoms with Crippen LogP contribution in [0.2, 0.25) is 0 Å². The van der Waals surface area contributed by atoms with Crippen molar-refractivity contribution in [1.82, 2.24) is 0 Å². The molecule has 0 saturated carbocycles. The number of fused-ring (bicyclic) bond motifs is 6. The predicted molar refractivity (Wildman–Crippen MR) is 197 cm³/mol. The van der Waals surface area contributed by atoms with Gasteiger partial charge in [-0.3, -0.25) is 0 Å². The molecule has 0 radical (unpaired) electrons. The summed E-state index contributed by atoms with van der Waals surface area (Å²) in [4.78, 5) is 2.52. The molecule has 0 amide bonds. The lowest BCUT2D eigenvalue weighted by atomic mass is 9.82. The summed E-state index contributed by atoms with van der Waals surface area (Å²) in [5.41, 5.74) is 14.6. The molecule has 47 heavy (non-hydrogen) atoms. The van der Waals surface area contributed by atoms with Gasteiger partial charge < -0.3 is 9.32 Å². The molecular formula is C45H35NO. The van der Waals surface area contributed by atoms with Gasteiger partial charge in [-0.15, -0.1) is 0 Å². The van der Waals surface area contributed by atoms with Crippen molar-refractivity contribution in [1.29, 1.82) is 0 Å². The fourth-order valence-corrected chi connectivity index (χ4v) is 7.83. The first-order valence-corrected chi connectivity index (χ1v) is 16.5. The number of furan rings is 1. The smallest absolute Gasteiger partial charge is 0.136 e. The molecule has 226 valence electrons. The topological polar surface area (TPSA) is 16.4 Å². The van der Waals surface area contributed by atoms with Crippen molar-refractivity contribution in [2.24, 2.45) is 0 Å². The molecule has 0 N–H and O–H groups in total. The largest absolute Gasteiger partial charge is 0.456 e. The van der Waals surface area contributed by atoms with Gasteiger partial charge in [0.2, 0.25) is 0 Å². The van der Waals surface area contributed by atoms with Crippen molar-refractivity contribution in [2.45, 2.75) is 31.7 Å². The van der Waals surface area contributed by atoms with Crippen molar-refractivity contribution in [3.05, 3.63) is 174 Å². The molecule has 2 aliphatic rings. The molecule has 6 aromatic carbocycles. The van der Waals surface area contributed by atoms with Gasteiger partial charge in [0.15, 0.2) is 0 Å². The van der Waals surface area contributed by atoms with Crippen molar-refractivity contribution in [3.63, 3.8) is 0 Å². The number of nitrogens with zero attached hydrogens (tertiary/aromatic N) is 1. The number of hydrogen-bond donors (Lipinski definition) is 0. The summed E-state index contributed by atoms with van der Waals surface area (Å²) in [6, 6.07) is 50.5. The minimum absolute atomic E-state index is 0.0632. The molecule has 0 fully saturated rings. The Morgan fingerprint density at radius 2 is 1.28 bits per heavy atom. The van der Waals surface area contributed by atoms with Crippen LogP contribution < -0.4 is 4.90 Å². The number of para-hydroxylation sites is 1. The number of rotatable bonds is 5. The van der Waals surface area contributed by atoms with E-state index >= 15 is 0 Å². The zero-order chi connectivity index (χ0) is 31.5. The predicted octanol–water partition coefficient (Wildman–Crippen LogP) is 12.1. The first-order chi connectivity index (χ1) is 23.1. The van der Waals surface area contributed by atoms with E-state index in [9.17, 15) is 0 Å². The molecule has 1 unspecified atom stereocenters. The summed E-state index contributed by atoms with van der Waals surface area (Å²) in [7, 11) is 0. The minimum atomic E-state index is -0.0632. The van der Waals surface area contributed by atoms with Gasteiger partial charge in [0.05, 0.1) is 6.04 Å². The maximum absolute atomic E-state index is 6.22. The van der Waals surface area contributed by atoms with Crippen LogP contribution in [0, 0.1) is 0 Å². The number of allylic oxidation sites excluding steroid dienone is 2. The van der Waals surface area contributed by atoms with Crippen molar-refractivity contribution < 1.29 is 4.42 Å². The first-order valence-electron chi connectivity index (χ1n) is 16.5. The van der Waals surface area contributed by atoms with Gasteiger partial charge in [-0.1, -0.05) is 135 Å². The molecule has 0 spiro atoms. The second-order valence-electron chi connectivity index (χ2n) is 13.3. The molecule has 0 saturated heterocycles. The standard InChI is InChI=1S/C45H35NO/c1-45(2)40-16-8-6-13-37(40)38-28-27-35(29-41(38)45)46(33-23-19-31(20-24-33)30-11-4-3-5-12-30)34-25-21-32(22-26-34)36-15-10-18-43-44(36)39-14-7-9-17-42(39)47-43/h3-25,27-29,34H,26H2,1-2H3. The molecular weight excluding hydrogens is 571 g/mol. The van der Waals surface area contributed by atoms with E-state index in [4.69, 9.17) is 4.42 Å². The van der Waals surface area contributed by atoms with Crippen LogP contribution in [0.4, 0.5) is 11.4 Å². The van der Waals surface area contributed by atoms with Crippen LogP contribution in [0.1, 0.15) is 37.0 Å². The average molecular weight is 606 g/mol. The zero-order valence-corrected chi connectivity index (χ0v) is 26.7. The van der Waals surface area contributed by atoms with Crippen LogP contribution in [0.25, 0.3) is 49.8 Å². The van der Waals surface area contributed by atoms with Gasteiger partial charge >= 0.3 is 0 Å². The van der Waals surface area contributed by atoms with Crippen LogP contribution in [-0.2, 0) is 5.41 Å². The van der Waals surface area contributed by atoms with Crippen LogP contribution in [0.3, 0.4) is 0 Å². The summed E-state index contributed by atoms with van der Waals surface area (Å²) in [5, 5.41) is 2.35. The number of benzene rings is 6. The van der Waals surface area contributed by atoms with Crippen LogP contribution in [0.15, 0.2) is 162 Å². The lowest BCUT2D eigenvalue weighted by Gasteiger charge is -2.34. The summed E-state index contributed by atoms with van der Waals surface area (Å²) < 4.78 is 6.22. The van der Waals surface area contributed by atoms with Crippen LogP contribution in [0.5, 0.6) is 0 Å². The van der Waals surface area contributed by atoms with E-state index in [-0.39, 0.29) is 11.5 Å². The highest BCUT2D eigenvalue weighted by molar-refractivity contribution is 6.11. The molecule has 2 nitrogen and oxygen atoms in total. The molecule has 2 heteroatoms. The fraction of sp³-hybridized carbons (Fsp3) is 0.111. The maximum atomic E-state index is 6.22. The molecule has 1 aromatic heterocycles. The zero-order valence-electron chi connectivity index (χ0n) is 26.7. The molecule has 2 aliphatic carbocycles. The summed E-state index contributed by atoms with van der Waals surface area (Å²) in [6.07, 6.45) is 7.98. The Hall–Kier alpha value is -5.60. The Balaban J connectivity index is 1.12. The second kappa shape index (κ2) is 10.7. The summed E-state index contributed by atoms with van der Waals surface area (Å²) in [6.45, 7) is 4.71. The summed E-state index contributed by atoms with van der Waals surface area (Å²) >= 11 is 0. The third kappa shape index (κ3) is 4.47. The Morgan fingerprint density at radius 1 is 0.596 bits per heavy atom. The van der Waals surface area contributed by atoms with E-state index in [1.165, 1.54) is 61.3 Å². The van der Waals surface area contributed by atoms with Gasteiger partial charge in [-0.05, 0) is 87.3 Å². The third-order valence-electron chi connectivity index (χ3n) is 10.2. The lowest BCUT2D eigenvalue weighted by Crippen LogP contribution is -2.30. The first kappa shape index (κ1) is 27.7. The van der Waals surface area contributed by atoms with E-state index < -0.39 is 0 Å². The third-order valence-corrected chi connectivity index (χ3v) is 10.2. The average Bonchev–Trinajstić information content (AvgIpc) is 3.62. The van der Waals surface area contributed by atoms with Gasteiger partial charge in [0, 0.05) is 27.6 Å². The Kier molecular flexibility index (Phi) is 6.33. The maximum Gasteiger partial charge on any atom is 0.136 e. The monoisotopic (exact) mass is 605 g/mol. The normalized spacial score (nSPS) is 16.2. The highest BCUT2D eigenvalue weighted by Crippen LogP contribution is 2.50. The Labute approximate surface area is 275 Å². The SMILES string of the molecule is CC1(C)c2ccccc2-c2ccc(N(c3ccc(-c4ccccc4)cc3)C3C=CC(c4cccc5oc6ccccc6c45)=CC3)cc21. The molecule has 1 atom stereocenters. The molecule has 9 rings (SSSR count). The number of anilines is 2. The van der Waals surface area contributed by atoms with E-state index in [0.29, 0.717) is 0 Å². The highest BCUT2D eigenvalue weighted by Gasteiger charge is 2.36. The molecule has 0 bridgehead atoms. The van der Waals surface area contributed by atoms with E-state index in [2.05, 4.69) is 170 Å². The van der Waals surface area contributed by atoms with Crippen molar-refractivity contribution >= 4 is 38.9 Å². The van der Waals surface area contributed by atoms with Gasteiger partial charge in [0.1, 0.15) is 11.2 Å². The molecule has 0 aliphatic heterocycles. The summed E-state index contributed by atoms with van der Waals surface area (Å²) in [5.74, 6) is 0. The highest BCUT2D eigenvalue weighted by atomic mass is 16.3. The van der Waals surface area contributed by atoms with E-state index in [1.807, 2.05) is 6.07 Å². The van der Waals surface area contributed by atoms with E-state index in [1.54, 1.807) is 0 Å².